The van der Waals surface area contributed by atoms with Crippen molar-refractivity contribution in [3.05, 3.63) is 35.9 Å². The Morgan fingerprint density at radius 3 is 2.53 bits per heavy atom. The molecule has 0 bridgehead atoms. The van der Waals surface area contributed by atoms with Gasteiger partial charge in [-0.2, -0.15) is 0 Å². The molecule has 0 fully saturated rings. The lowest BCUT2D eigenvalue weighted by Crippen LogP contribution is -2.29. The molecule has 0 aliphatic heterocycles. The van der Waals surface area contributed by atoms with Crippen LogP contribution in [0, 0.1) is 11.8 Å². The third kappa shape index (κ3) is 3.39. The second-order valence-corrected chi connectivity index (χ2v) is 3.36. The van der Waals surface area contributed by atoms with Crippen molar-refractivity contribution < 1.29 is 4.74 Å². The molecule has 0 aliphatic carbocycles. The molecule has 0 saturated heterocycles. The van der Waals surface area contributed by atoms with Crippen molar-refractivity contribution in [3.63, 3.8) is 0 Å². The van der Waals surface area contributed by atoms with E-state index in [-0.39, 0.29) is 12.1 Å². The van der Waals surface area contributed by atoms with E-state index in [1.807, 2.05) is 37.3 Å². The summed E-state index contributed by atoms with van der Waals surface area (Å²) in [7, 11) is 1.68. The molecule has 2 heteroatoms. The molecule has 0 saturated carbocycles. The molecule has 0 amide bonds. The maximum absolute atomic E-state index is 6.02. The third-order valence-electron chi connectivity index (χ3n) is 2.29. The van der Waals surface area contributed by atoms with E-state index < -0.39 is 0 Å². The molecule has 80 valence electrons. The quantitative estimate of drug-likeness (QED) is 0.761. The summed E-state index contributed by atoms with van der Waals surface area (Å²) in [4.78, 5) is 0. The van der Waals surface area contributed by atoms with E-state index in [1.165, 1.54) is 0 Å². The van der Waals surface area contributed by atoms with Gasteiger partial charge in [-0.3, -0.25) is 0 Å². The van der Waals surface area contributed by atoms with Gasteiger partial charge in [-0.1, -0.05) is 30.3 Å². The summed E-state index contributed by atoms with van der Waals surface area (Å²) in [5, 5.41) is 0. The van der Waals surface area contributed by atoms with Gasteiger partial charge in [0, 0.05) is 19.6 Å². The van der Waals surface area contributed by atoms with Gasteiger partial charge in [0.25, 0.3) is 0 Å². The minimum absolute atomic E-state index is 0.0768. The summed E-state index contributed by atoms with van der Waals surface area (Å²) in [5.74, 6) is 5.82. The van der Waals surface area contributed by atoms with Gasteiger partial charge >= 0.3 is 0 Å². The summed E-state index contributed by atoms with van der Waals surface area (Å²) in [5.41, 5.74) is 7.12. The number of nitrogens with two attached hydrogens (primary N) is 1. The monoisotopic (exact) mass is 203 g/mol. The van der Waals surface area contributed by atoms with Crippen molar-refractivity contribution in [2.45, 2.75) is 25.5 Å². The number of hydrogen-bond donors (Lipinski definition) is 1. The Balaban J connectivity index is 2.74. The van der Waals surface area contributed by atoms with Crippen LogP contribution in [-0.4, -0.2) is 13.2 Å². The highest BCUT2D eigenvalue weighted by Gasteiger charge is 2.17. The van der Waals surface area contributed by atoms with E-state index in [2.05, 4.69) is 11.8 Å². The minimum atomic E-state index is -0.0788. The molecule has 2 unspecified atom stereocenters. The summed E-state index contributed by atoms with van der Waals surface area (Å²) < 4.78 is 5.40. The standard InChI is InChI=1S/C13H17NO/c1-3-4-10-12(14)13(15-2)11-8-6-5-7-9-11/h5-9,12-13H,10,14H2,1-2H3. The molecule has 1 rings (SSSR count). The Hall–Kier alpha value is -1.30. The molecule has 0 aliphatic rings. The molecule has 0 radical (unpaired) electrons. The van der Waals surface area contributed by atoms with Gasteiger partial charge in [0.1, 0.15) is 0 Å². The van der Waals surface area contributed by atoms with Crippen LogP contribution in [0.2, 0.25) is 0 Å². The van der Waals surface area contributed by atoms with Crippen LogP contribution in [0.25, 0.3) is 0 Å². The fourth-order valence-electron chi connectivity index (χ4n) is 1.53. The smallest absolute Gasteiger partial charge is 0.0981 e. The van der Waals surface area contributed by atoms with Crippen LogP contribution >= 0.6 is 0 Å². The molecule has 15 heavy (non-hydrogen) atoms. The van der Waals surface area contributed by atoms with E-state index in [0.717, 1.165) is 5.56 Å². The van der Waals surface area contributed by atoms with Gasteiger partial charge in [-0.25, -0.2) is 0 Å². The molecule has 2 nitrogen and oxygen atoms in total. The zero-order valence-electron chi connectivity index (χ0n) is 9.23. The van der Waals surface area contributed by atoms with Crippen LogP contribution < -0.4 is 5.73 Å². The van der Waals surface area contributed by atoms with Crippen molar-refractivity contribution in [1.29, 1.82) is 0 Å². The lowest BCUT2D eigenvalue weighted by atomic mass is 10.0. The van der Waals surface area contributed by atoms with E-state index in [1.54, 1.807) is 7.11 Å². The molecule has 0 heterocycles. The first kappa shape index (κ1) is 11.8. The number of methoxy groups -OCH3 is 1. The second-order valence-electron chi connectivity index (χ2n) is 3.36. The Labute approximate surface area is 91.4 Å². The molecule has 0 aromatic heterocycles. The lowest BCUT2D eigenvalue weighted by Gasteiger charge is -2.21. The van der Waals surface area contributed by atoms with Crippen molar-refractivity contribution in [1.82, 2.24) is 0 Å². The zero-order valence-corrected chi connectivity index (χ0v) is 9.23. The van der Waals surface area contributed by atoms with Crippen molar-refractivity contribution in [3.8, 4) is 11.8 Å². The van der Waals surface area contributed by atoms with E-state index in [0.29, 0.717) is 6.42 Å². The summed E-state index contributed by atoms with van der Waals surface area (Å²) in [6.07, 6.45) is 0.580. The topological polar surface area (TPSA) is 35.2 Å². The molecular formula is C13H17NO. The molecule has 1 aromatic rings. The van der Waals surface area contributed by atoms with Crippen LogP contribution in [-0.2, 0) is 4.74 Å². The predicted molar refractivity (Wildman–Crippen MR) is 62.2 cm³/mol. The minimum Gasteiger partial charge on any atom is -0.375 e. The highest BCUT2D eigenvalue weighted by molar-refractivity contribution is 5.19. The fraction of sp³-hybridized carbons (Fsp3) is 0.385. The number of rotatable bonds is 4. The van der Waals surface area contributed by atoms with Crippen LogP contribution in [0.3, 0.4) is 0 Å². The molecular weight excluding hydrogens is 186 g/mol. The Morgan fingerprint density at radius 1 is 1.33 bits per heavy atom. The summed E-state index contributed by atoms with van der Waals surface area (Å²) >= 11 is 0. The summed E-state index contributed by atoms with van der Waals surface area (Å²) in [6.45, 7) is 1.82. The van der Waals surface area contributed by atoms with Gasteiger partial charge in [-0.05, 0) is 12.5 Å². The first-order valence-electron chi connectivity index (χ1n) is 5.02. The second kappa shape index (κ2) is 6.23. The first-order valence-corrected chi connectivity index (χ1v) is 5.02. The maximum atomic E-state index is 6.02. The Kier molecular flexibility index (Phi) is 4.89. The van der Waals surface area contributed by atoms with Crippen LogP contribution in [0.4, 0.5) is 0 Å². The SMILES string of the molecule is CC#CCC(N)C(OC)c1ccccc1. The number of ether oxygens (including phenoxy) is 1. The van der Waals surface area contributed by atoms with Crippen molar-refractivity contribution >= 4 is 0 Å². The van der Waals surface area contributed by atoms with Gasteiger partial charge in [0.15, 0.2) is 0 Å². The average molecular weight is 203 g/mol. The fourth-order valence-corrected chi connectivity index (χ4v) is 1.53. The van der Waals surface area contributed by atoms with E-state index in [4.69, 9.17) is 10.5 Å². The Morgan fingerprint density at radius 2 is 2.00 bits per heavy atom. The maximum Gasteiger partial charge on any atom is 0.0981 e. The van der Waals surface area contributed by atoms with Crippen LogP contribution in [0.1, 0.15) is 25.0 Å². The highest BCUT2D eigenvalue weighted by atomic mass is 16.5. The number of hydrogen-bond acceptors (Lipinski definition) is 2. The van der Waals surface area contributed by atoms with Gasteiger partial charge in [-0.15, -0.1) is 11.8 Å². The largest absolute Gasteiger partial charge is 0.375 e. The summed E-state index contributed by atoms with van der Waals surface area (Å²) in [6, 6.07) is 9.91. The molecule has 2 atom stereocenters. The van der Waals surface area contributed by atoms with E-state index >= 15 is 0 Å². The van der Waals surface area contributed by atoms with Crippen LogP contribution in [0.15, 0.2) is 30.3 Å². The first-order chi connectivity index (χ1) is 7.29. The Bertz CT molecular complexity index is 337. The van der Waals surface area contributed by atoms with Crippen molar-refractivity contribution in [2.75, 3.05) is 7.11 Å². The van der Waals surface area contributed by atoms with Gasteiger partial charge in [0.2, 0.25) is 0 Å². The third-order valence-corrected chi connectivity index (χ3v) is 2.29. The van der Waals surface area contributed by atoms with Gasteiger partial charge in [0.05, 0.1) is 6.10 Å². The molecule has 0 spiro atoms. The molecule has 2 N–H and O–H groups in total. The number of benzene rings is 1. The normalized spacial score (nSPS) is 13.8. The zero-order chi connectivity index (χ0) is 11.1. The van der Waals surface area contributed by atoms with Gasteiger partial charge < -0.3 is 10.5 Å². The molecule has 1 aromatic carbocycles. The predicted octanol–water partition coefficient (Wildman–Crippen LogP) is 2.11. The highest BCUT2D eigenvalue weighted by Crippen LogP contribution is 2.20. The van der Waals surface area contributed by atoms with Crippen molar-refractivity contribution in [2.24, 2.45) is 5.73 Å². The lowest BCUT2D eigenvalue weighted by molar-refractivity contribution is 0.0816. The average Bonchev–Trinajstić information content (AvgIpc) is 2.29. The van der Waals surface area contributed by atoms with E-state index in [9.17, 15) is 0 Å². The van der Waals surface area contributed by atoms with Crippen LogP contribution in [0.5, 0.6) is 0 Å².